The van der Waals surface area contributed by atoms with E-state index in [9.17, 15) is 9.59 Å². The zero-order valence-corrected chi connectivity index (χ0v) is 15.6. The van der Waals surface area contributed by atoms with E-state index in [-0.39, 0.29) is 17.2 Å². The molecule has 2 amide bonds. The lowest BCUT2D eigenvalue weighted by Crippen LogP contribution is -2.35. The van der Waals surface area contributed by atoms with Crippen molar-refractivity contribution in [3.63, 3.8) is 0 Å². The molecule has 2 N–H and O–H groups in total. The second kappa shape index (κ2) is 6.55. The first kappa shape index (κ1) is 18.5. The number of likely N-dealkylation sites (tertiary alicyclic amines) is 1. The summed E-state index contributed by atoms with van der Waals surface area (Å²) in [6.07, 6.45) is 0.869. The van der Waals surface area contributed by atoms with E-state index in [0.29, 0.717) is 0 Å². The second-order valence-electron chi connectivity index (χ2n) is 8.24. The van der Waals surface area contributed by atoms with Crippen molar-refractivity contribution in [3.05, 3.63) is 23.8 Å². The Hall–Kier alpha value is -1.88. The van der Waals surface area contributed by atoms with Crippen molar-refractivity contribution in [1.82, 2.24) is 4.90 Å². The molecule has 0 aromatic heterocycles. The zero-order chi connectivity index (χ0) is 18.1. The lowest BCUT2D eigenvalue weighted by atomic mass is 9.88. The van der Waals surface area contributed by atoms with Gasteiger partial charge in [-0.25, -0.2) is 0 Å². The van der Waals surface area contributed by atoms with Gasteiger partial charge in [-0.2, -0.15) is 0 Å². The predicted molar refractivity (Wildman–Crippen MR) is 98.1 cm³/mol. The quantitative estimate of drug-likeness (QED) is 0.894. The molecular formula is C19H29N3O2. The van der Waals surface area contributed by atoms with E-state index in [0.717, 1.165) is 36.4 Å². The highest BCUT2D eigenvalue weighted by molar-refractivity contribution is 5.97. The van der Waals surface area contributed by atoms with Crippen LogP contribution in [0, 0.1) is 17.8 Å². The SMILES string of the molecule is Cc1cc(NC(=O)C2(C)CCN(C)C2)ccc1NC(=O)C(C)(C)C. The summed E-state index contributed by atoms with van der Waals surface area (Å²) >= 11 is 0. The number of carbonyl (C=O) groups is 2. The van der Waals surface area contributed by atoms with Gasteiger partial charge in [-0.05, 0) is 57.6 Å². The molecule has 132 valence electrons. The van der Waals surface area contributed by atoms with Crippen LogP contribution in [0.2, 0.25) is 0 Å². The maximum absolute atomic E-state index is 12.6. The third-order valence-corrected chi connectivity index (χ3v) is 4.63. The maximum atomic E-state index is 12.6. The molecule has 1 aliphatic heterocycles. The Bertz CT molecular complexity index is 649. The number of nitrogens with zero attached hydrogens (tertiary/aromatic N) is 1. The van der Waals surface area contributed by atoms with Gasteiger partial charge in [0.1, 0.15) is 0 Å². The largest absolute Gasteiger partial charge is 0.326 e. The van der Waals surface area contributed by atoms with Gasteiger partial charge in [-0.15, -0.1) is 0 Å². The van der Waals surface area contributed by atoms with Crippen molar-refractivity contribution < 1.29 is 9.59 Å². The molecule has 1 atom stereocenters. The van der Waals surface area contributed by atoms with Crippen molar-refractivity contribution in [1.29, 1.82) is 0 Å². The smallest absolute Gasteiger partial charge is 0.231 e. The average molecular weight is 331 g/mol. The minimum atomic E-state index is -0.442. The van der Waals surface area contributed by atoms with Crippen LogP contribution in [0.3, 0.4) is 0 Å². The monoisotopic (exact) mass is 331 g/mol. The van der Waals surface area contributed by atoms with Crippen LogP contribution in [-0.4, -0.2) is 36.9 Å². The summed E-state index contributed by atoms with van der Waals surface area (Å²) in [6, 6.07) is 5.58. The standard InChI is InChI=1S/C19H29N3O2/c1-13-11-14(7-8-15(13)21-16(23)18(2,3)4)20-17(24)19(5)9-10-22(6)12-19/h7-8,11H,9-10,12H2,1-6H3,(H,20,24)(H,21,23). The number of rotatable bonds is 3. The highest BCUT2D eigenvalue weighted by Gasteiger charge is 2.38. The Morgan fingerprint density at radius 2 is 1.88 bits per heavy atom. The molecule has 1 aromatic carbocycles. The van der Waals surface area contributed by atoms with E-state index in [4.69, 9.17) is 0 Å². The number of aryl methyl sites for hydroxylation is 1. The Balaban J connectivity index is 2.07. The van der Waals surface area contributed by atoms with Crippen LogP contribution in [0.4, 0.5) is 11.4 Å². The third-order valence-electron chi connectivity index (χ3n) is 4.63. The second-order valence-corrected chi connectivity index (χ2v) is 8.24. The molecule has 1 heterocycles. The number of amides is 2. The number of anilines is 2. The molecule has 0 saturated carbocycles. The Morgan fingerprint density at radius 3 is 2.38 bits per heavy atom. The topological polar surface area (TPSA) is 61.4 Å². The summed E-state index contributed by atoms with van der Waals surface area (Å²) in [4.78, 5) is 26.9. The molecule has 1 aliphatic rings. The highest BCUT2D eigenvalue weighted by atomic mass is 16.2. The van der Waals surface area contributed by atoms with Gasteiger partial charge in [0, 0.05) is 23.3 Å². The van der Waals surface area contributed by atoms with Gasteiger partial charge in [0.2, 0.25) is 11.8 Å². The van der Waals surface area contributed by atoms with E-state index in [1.807, 2.05) is 59.9 Å². The molecule has 0 aliphatic carbocycles. The minimum absolute atomic E-state index is 0.0242. The summed E-state index contributed by atoms with van der Waals surface area (Å²) in [5.41, 5.74) is 1.69. The Kier molecular flexibility index (Phi) is 5.04. The number of benzene rings is 1. The van der Waals surface area contributed by atoms with Crippen molar-refractivity contribution in [2.75, 3.05) is 30.8 Å². The first-order chi connectivity index (χ1) is 11.0. The molecule has 2 rings (SSSR count). The van der Waals surface area contributed by atoms with Gasteiger partial charge in [-0.3, -0.25) is 9.59 Å². The summed E-state index contributed by atoms with van der Waals surface area (Å²) < 4.78 is 0. The van der Waals surface area contributed by atoms with Crippen LogP contribution in [0.5, 0.6) is 0 Å². The van der Waals surface area contributed by atoms with Crippen molar-refractivity contribution in [2.24, 2.45) is 10.8 Å². The fourth-order valence-electron chi connectivity index (χ4n) is 2.85. The van der Waals surface area contributed by atoms with E-state index in [2.05, 4.69) is 15.5 Å². The number of carbonyl (C=O) groups excluding carboxylic acids is 2. The van der Waals surface area contributed by atoms with Gasteiger partial charge in [0.25, 0.3) is 0 Å². The predicted octanol–water partition coefficient (Wildman–Crippen LogP) is 3.26. The number of hydrogen-bond acceptors (Lipinski definition) is 3. The fourth-order valence-corrected chi connectivity index (χ4v) is 2.85. The number of hydrogen-bond donors (Lipinski definition) is 2. The van der Waals surface area contributed by atoms with Crippen LogP contribution in [-0.2, 0) is 9.59 Å². The first-order valence-corrected chi connectivity index (χ1v) is 8.43. The highest BCUT2D eigenvalue weighted by Crippen LogP contribution is 2.31. The van der Waals surface area contributed by atoms with Gasteiger partial charge in [0.05, 0.1) is 5.41 Å². The number of nitrogens with one attached hydrogen (secondary N) is 2. The van der Waals surface area contributed by atoms with Crippen LogP contribution in [0.1, 0.15) is 39.7 Å². The van der Waals surface area contributed by atoms with Gasteiger partial charge in [-0.1, -0.05) is 20.8 Å². The van der Waals surface area contributed by atoms with E-state index >= 15 is 0 Å². The summed E-state index contributed by atoms with van der Waals surface area (Å²) in [5.74, 6) is 0.0293. The van der Waals surface area contributed by atoms with Crippen molar-refractivity contribution in [3.8, 4) is 0 Å². The minimum Gasteiger partial charge on any atom is -0.326 e. The molecule has 1 saturated heterocycles. The molecule has 0 bridgehead atoms. The molecular weight excluding hydrogens is 302 g/mol. The normalized spacial score (nSPS) is 21.6. The summed E-state index contributed by atoms with van der Waals surface area (Å²) in [6.45, 7) is 11.3. The molecule has 0 radical (unpaired) electrons. The van der Waals surface area contributed by atoms with Crippen molar-refractivity contribution >= 4 is 23.2 Å². The van der Waals surface area contributed by atoms with Crippen LogP contribution >= 0.6 is 0 Å². The lowest BCUT2D eigenvalue weighted by molar-refractivity contribution is -0.124. The maximum Gasteiger partial charge on any atom is 0.231 e. The Labute approximate surface area is 144 Å². The van der Waals surface area contributed by atoms with Crippen LogP contribution in [0.15, 0.2) is 18.2 Å². The van der Waals surface area contributed by atoms with Crippen LogP contribution in [0.25, 0.3) is 0 Å². The summed E-state index contributed by atoms with van der Waals surface area (Å²) in [5, 5.41) is 5.96. The van der Waals surface area contributed by atoms with Gasteiger partial charge in [0.15, 0.2) is 0 Å². The molecule has 24 heavy (non-hydrogen) atoms. The van der Waals surface area contributed by atoms with Gasteiger partial charge < -0.3 is 15.5 Å². The summed E-state index contributed by atoms with van der Waals surface area (Å²) in [7, 11) is 2.04. The van der Waals surface area contributed by atoms with Crippen molar-refractivity contribution in [2.45, 2.75) is 41.0 Å². The van der Waals surface area contributed by atoms with Crippen LogP contribution < -0.4 is 10.6 Å². The third kappa shape index (κ3) is 4.15. The zero-order valence-electron chi connectivity index (χ0n) is 15.6. The molecule has 0 spiro atoms. The first-order valence-electron chi connectivity index (χ1n) is 8.43. The van der Waals surface area contributed by atoms with E-state index in [1.54, 1.807) is 0 Å². The molecule has 5 heteroatoms. The molecule has 1 fully saturated rings. The molecule has 1 unspecified atom stereocenters. The Morgan fingerprint density at radius 1 is 1.21 bits per heavy atom. The van der Waals surface area contributed by atoms with Gasteiger partial charge >= 0.3 is 0 Å². The van der Waals surface area contributed by atoms with E-state index in [1.165, 1.54) is 0 Å². The average Bonchev–Trinajstić information content (AvgIpc) is 2.81. The fraction of sp³-hybridized carbons (Fsp3) is 0.579. The van der Waals surface area contributed by atoms with E-state index < -0.39 is 5.41 Å². The molecule has 1 aromatic rings. The molecule has 5 nitrogen and oxygen atoms in total. The lowest BCUT2D eigenvalue weighted by Gasteiger charge is -2.23.